The minimum atomic E-state index is -0.300. The lowest BCUT2D eigenvalue weighted by Crippen LogP contribution is -2.49. The van der Waals surface area contributed by atoms with Gasteiger partial charge in [0.1, 0.15) is 5.82 Å². The third-order valence-electron chi connectivity index (χ3n) is 3.39. The van der Waals surface area contributed by atoms with Crippen molar-refractivity contribution in [2.45, 2.75) is 13.5 Å². The van der Waals surface area contributed by atoms with Crippen LogP contribution >= 0.6 is 0 Å². The fourth-order valence-electron chi connectivity index (χ4n) is 2.28. The molecule has 1 aromatic rings. The molecular formula is C14H20FN3O2. The van der Waals surface area contributed by atoms with Crippen LogP contribution in [0.4, 0.5) is 14.9 Å². The SMILES string of the molecule is CCOC(=O)N1CCN(c2ccc(CN)cc2F)CC1. The maximum atomic E-state index is 14.0. The van der Waals surface area contributed by atoms with E-state index < -0.39 is 0 Å². The van der Waals surface area contributed by atoms with Gasteiger partial charge in [-0.2, -0.15) is 0 Å². The predicted molar refractivity (Wildman–Crippen MR) is 75.1 cm³/mol. The lowest BCUT2D eigenvalue weighted by Gasteiger charge is -2.35. The van der Waals surface area contributed by atoms with Crippen LogP contribution in [0.1, 0.15) is 12.5 Å². The number of anilines is 1. The molecule has 0 bridgehead atoms. The molecule has 1 aliphatic rings. The Morgan fingerprint density at radius 3 is 2.60 bits per heavy atom. The highest BCUT2D eigenvalue weighted by atomic mass is 19.1. The molecule has 0 atom stereocenters. The Morgan fingerprint density at radius 2 is 2.05 bits per heavy atom. The summed E-state index contributed by atoms with van der Waals surface area (Å²) in [6.07, 6.45) is -0.300. The first-order chi connectivity index (χ1) is 9.65. The molecule has 0 aromatic heterocycles. The van der Waals surface area contributed by atoms with Gasteiger partial charge in [0.05, 0.1) is 12.3 Å². The molecule has 110 valence electrons. The largest absolute Gasteiger partial charge is 0.450 e. The molecular weight excluding hydrogens is 261 g/mol. The van der Waals surface area contributed by atoms with Crippen LogP contribution in [0.15, 0.2) is 18.2 Å². The Kier molecular flexibility index (Phi) is 4.79. The summed E-state index contributed by atoms with van der Waals surface area (Å²) in [4.78, 5) is 15.2. The van der Waals surface area contributed by atoms with Crippen molar-refractivity contribution in [1.82, 2.24) is 4.90 Å². The third kappa shape index (κ3) is 3.19. The van der Waals surface area contributed by atoms with Crippen molar-refractivity contribution in [3.8, 4) is 0 Å². The molecule has 6 heteroatoms. The maximum absolute atomic E-state index is 14.0. The molecule has 2 N–H and O–H groups in total. The van der Waals surface area contributed by atoms with Gasteiger partial charge < -0.3 is 20.3 Å². The number of rotatable bonds is 3. The number of carbonyl (C=O) groups excluding carboxylic acids is 1. The number of carbonyl (C=O) groups is 1. The summed E-state index contributed by atoms with van der Waals surface area (Å²) in [6.45, 7) is 4.74. The van der Waals surface area contributed by atoms with Crippen LogP contribution in [-0.2, 0) is 11.3 Å². The van der Waals surface area contributed by atoms with Gasteiger partial charge in [-0.25, -0.2) is 9.18 Å². The van der Waals surface area contributed by atoms with Gasteiger partial charge in [-0.05, 0) is 24.6 Å². The van der Waals surface area contributed by atoms with Gasteiger partial charge in [-0.1, -0.05) is 6.07 Å². The Bertz CT molecular complexity index is 473. The second-order valence-electron chi connectivity index (χ2n) is 4.66. The van der Waals surface area contributed by atoms with Crippen LogP contribution in [0.2, 0.25) is 0 Å². The van der Waals surface area contributed by atoms with Crippen molar-refractivity contribution >= 4 is 11.8 Å². The molecule has 1 saturated heterocycles. The Balaban J connectivity index is 1.98. The number of hydrogen-bond acceptors (Lipinski definition) is 4. The van der Waals surface area contributed by atoms with Crippen LogP contribution in [0.3, 0.4) is 0 Å². The molecule has 1 fully saturated rings. The van der Waals surface area contributed by atoms with Crippen molar-refractivity contribution in [3.63, 3.8) is 0 Å². The highest BCUT2D eigenvalue weighted by molar-refractivity contribution is 5.68. The maximum Gasteiger partial charge on any atom is 0.409 e. The molecule has 1 heterocycles. The zero-order valence-electron chi connectivity index (χ0n) is 11.6. The number of nitrogens with two attached hydrogens (primary N) is 1. The highest BCUT2D eigenvalue weighted by Gasteiger charge is 2.23. The molecule has 0 spiro atoms. The lowest BCUT2D eigenvalue weighted by atomic mass is 10.1. The first kappa shape index (κ1) is 14.6. The smallest absolute Gasteiger partial charge is 0.409 e. The van der Waals surface area contributed by atoms with Crippen LogP contribution in [-0.4, -0.2) is 43.8 Å². The molecule has 1 aromatic carbocycles. The number of ether oxygens (including phenoxy) is 1. The standard InChI is InChI=1S/C14H20FN3O2/c1-2-20-14(19)18-7-5-17(6-8-18)13-4-3-11(10-16)9-12(13)15/h3-4,9H,2,5-8,10,16H2,1H3. The van der Waals surface area contributed by atoms with E-state index in [0.29, 0.717) is 45.0 Å². The van der Waals surface area contributed by atoms with Gasteiger partial charge in [0, 0.05) is 32.7 Å². The minimum absolute atomic E-state index is 0.266. The van der Waals surface area contributed by atoms with E-state index in [4.69, 9.17) is 10.5 Å². The molecule has 0 aliphatic carbocycles. The Labute approximate surface area is 118 Å². The van der Waals surface area contributed by atoms with E-state index in [1.54, 1.807) is 17.9 Å². The van der Waals surface area contributed by atoms with E-state index in [1.807, 2.05) is 11.0 Å². The summed E-state index contributed by atoms with van der Waals surface area (Å²) in [5, 5.41) is 0. The van der Waals surface area contributed by atoms with Crippen LogP contribution in [0.25, 0.3) is 0 Å². The van der Waals surface area contributed by atoms with Gasteiger partial charge in [0.15, 0.2) is 0 Å². The van der Waals surface area contributed by atoms with Crippen molar-refractivity contribution in [3.05, 3.63) is 29.6 Å². The zero-order valence-corrected chi connectivity index (χ0v) is 11.6. The van der Waals surface area contributed by atoms with Gasteiger partial charge in [-0.3, -0.25) is 0 Å². The molecule has 1 amide bonds. The summed E-state index contributed by atoms with van der Waals surface area (Å²) in [7, 11) is 0. The summed E-state index contributed by atoms with van der Waals surface area (Å²) in [6, 6.07) is 5.04. The third-order valence-corrected chi connectivity index (χ3v) is 3.39. The molecule has 0 saturated carbocycles. The van der Waals surface area contributed by atoms with E-state index in [9.17, 15) is 9.18 Å². The normalized spacial score (nSPS) is 15.3. The monoisotopic (exact) mass is 281 g/mol. The fraction of sp³-hybridized carbons (Fsp3) is 0.500. The number of amides is 1. The number of halogens is 1. The predicted octanol–water partition coefficient (Wildman–Crippen LogP) is 1.56. The van der Waals surface area contributed by atoms with Crippen molar-refractivity contribution in [2.75, 3.05) is 37.7 Å². The van der Waals surface area contributed by atoms with Gasteiger partial charge in [0.2, 0.25) is 0 Å². The van der Waals surface area contributed by atoms with Gasteiger partial charge >= 0.3 is 6.09 Å². The number of piperazine rings is 1. The van der Waals surface area contributed by atoms with E-state index in [0.717, 1.165) is 5.56 Å². The minimum Gasteiger partial charge on any atom is -0.450 e. The molecule has 2 rings (SSSR count). The van der Waals surface area contributed by atoms with E-state index >= 15 is 0 Å². The van der Waals surface area contributed by atoms with Crippen LogP contribution in [0.5, 0.6) is 0 Å². The summed E-state index contributed by atoms with van der Waals surface area (Å²) in [5.41, 5.74) is 6.82. The van der Waals surface area contributed by atoms with Crippen molar-refractivity contribution in [1.29, 1.82) is 0 Å². The highest BCUT2D eigenvalue weighted by Crippen LogP contribution is 2.22. The second kappa shape index (κ2) is 6.56. The van der Waals surface area contributed by atoms with Crippen LogP contribution < -0.4 is 10.6 Å². The second-order valence-corrected chi connectivity index (χ2v) is 4.66. The number of benzene rings is 1. The molecule has 5 nitrogen and oxygen atoms in total. The Morgan fingerprint density at radius 1 is 1.35 bits per heavy atom. The van der Waals surface area contributed by atoms with E-state index in [-0.39, 0.29) is 11.9 Å². The van der Waals surface area contributed by atoms with Crippen LogP contribution in [0, 0.1) is 5.82 Å². The van der Waals surface area contributed by atoms with Gasteiger partial charge in [-0.15, -0.1) is 0 Å². The fourth-order valence-corrected chi connectivity index (χ4v) is 2.28. The molecule has 1 aliphatic heterocycles. The average Bonchev–Trinajstić information content (AvgIpc) is 2.47. The van der Waals surface area contributed by atoms with Crippen molar-refractivity contribution in [2.24, 2.45) is 5.73 Å². The molecule has 0 radical (unpaired) electrons. The van der Waals surface area contributed by atoms with E-state index in [1.165, 1.54) is 6.07 Å². The summed E-state index contributed by atoms with van der Waals surface area (Å²) < 4.78 is 19.0. The lowest BCUT2D eigenvalue weighted by molar-refractivity contribution is 0.105. The first-order valence-electron chi connectivity index (χ1n) is 6.80. The first-order valence-corrected chi connectivity index (χ1v) is 6.80. The average molecular weight is 281 g/mol. The quantitative estimate of drug-likeness (QED) is 0.913. The van der Waals surface area contributed by atoms with Gasteiger partial charge in [0.25, 0.3) is 0 Å². The summed E-state index contributed by atoms with van der Waals surface area (Å²) >= 11 is 0. The van der Waals surface area contributed by atoms with E-state index in [2.05, 4.69) is 0 Å². The van der Waals surface area contributed by atoms with Crippen molar-refractivity contribution < 1.29 is 13.9 Å². The topological polar surface area (TPSA) is 58.8 Å². The summed E-state index contributed by atoms with van der Waals surface area (Å²) in [5.74, 6) is -0.266. The number of hydrogen-bond donors (Lipinski definition) is 1. The number of nitrogens with zero attached hydrogens (tertiary/aromatic N) is 2. The molecule has 20 heavy (non-hydrogen) atoms. The molecule has 0 unspecified atom stereocenters. The zero-order chi connectivity index (χ0) is 14.5. The Hall–Kier alpha value is -1.82.